The number of pyridine rings is 1. The summed E-state index contributed by atoms with van der Waals surface area (Å²) in [5.74, 6) is 0. The first-order chi connectivity index (χ1) is 14.2. The van der Waals surface area contributed by atoms with Crippen LogP contribution in [-0.2, 0) is 4.74 Å². The minimum Gasteiger partial charge on any atom is -0.444 e. The van der Waals surface area contributed by atoms with Crippen LogP contribution in [0, 0.1) is 5.41 Å². The van der Waals surface area contributed by atoms with E-state index in [-0.39, 0.29) is 11.5 Å². The minimum atomic E-state index is -0.457. The number of nitrogens with zero attached hydrogens (tertiary/aromatic N) is 5. The first-order valence-corrected chi connectivity index (χ1v) is 11.3. The van der Waals surface area contributed by atoms with Gasteiger partial charge in [-0.25, -0.2) is 9.78 Å². The Hall–Kier alpha value is -2.13. The second kappa shape index (κ2) is 7.85. The van der Waals surface area contributed by atoms with E-state index in [0.29, 0.717) is 5.15 Å². The molecule has 0 saturated carbocycles. The summed E-state index contributed by atoms with van der Waals surface area (Å²) in [6.45, 7) is 9.07. The fraction of sp³-hybridized carbons (Fsp3) is 0.600. The van der Waals surface area contributed by atoms with Crippen molar-refractivity contribution in [2.75, 3.05) is 43.4 Å². The Balaban J connectivity index is 1.35. The van der Waals surface area contributed by atoms with Gasteiger partial charge in [0.05, 0.1) is 5.56 Å². The summed E-state index contributed by atoms with van der Waals surface area (Å²) < 4.78 is 5.50. The van der Waals surface area contributed by atoms with Crippen molar-refractivity contribution in [3.8, 4) is 10.6 Å². The molecule has 10 heteroatoms. The van der Waals surface area contributed by atoms with Crippen molar-refractivity contribution in [2.45, 2.75) is 39.2 Å². The first kappa shape index (κ1) is 21.1. The molecule has 0 aliphatic carbocycles. The maximum absolute atomic E-state index is 12.3. The molecule has 2 saturated heterocycles. The summed E-state index contributed by atoms with van der Waals surface area (Å²) >= 11 is 7.55. The smallest absolute Gasteiger partial charge is 0.410 e. The molecule has 2 fully saturated rings. The maximum Gasteiger partial charge on any atom is 0.410 e. The Morgan fingerprint density at radius 1 is 1.27 bits per heavy atom. The average Bonchev–Trinajstić information content (AvgIpc) is 3.14. The van der Waals surface area contributed by atoms with Crippen LogP contribution in [0.2, 0.25) is 5.15 Å². The van der Waals surface area contributed by atoms with Gasteiger partial charge in [0, 0.05) is 50.5 Å². The van der Waals surface area contributed by atoms with Crippen LogP contribution in [-0.4, -0.2) is 65.0 Å². The van der Waals surface area contributed by atoms with Crippen molar-refractivity contribution in [1.29, 1.82) is 0 Å². The van der Waals surface area contributed by atoms with Gasteiger partial charge >= 0.3 is 6.09 Å². The molecule has 2 aliphatic heterocycles. The maximum atomic E-state index is 12.3. The number of anilines is 2. The number of halogens is 1. The van der Waals surface area contributed by atoms with Crippen molar-refractivity contribution < 1.29 is 9.53 Å². The summed E-state index contributed by atoms with van der Waals surface area (Å²) in [7, 11) is 1.85. The number of rotatable bonds is 3. The van der Waals surface area contributed by atoms with Crippen LogP contribution in [0.5, 0.6) is 0 Å². The topological polar surface area (TPSA) is 83.5 Å². The van der Waals surface area contributed by atoms with E-state index in [4.69, 9.17) is 16.3 Å². The molecule has 0 unspecified atom stereocenters. The van der Waals surface area contributed by atoms with Crippen LogP contribution < -0.4 is 10.2 Å². The minimum absolute atomic E-state index is 0.209. The second-order valence-electron chi connectivity index (χ2n) is 9.02. The highest BCUT2D eigenvalue weighted by Gasteiger charge is 2.47. The lowest BCUT2D eigenvalue weighted by molar-refractivity contribution is 0.00597. The molecule has 1 amide bonds. The van der Waals surface area contributed by atoms with E-state index < -0.39 is 5.60 Å². The quantitative estimate of drug-likeness (QED) is 0.703. The molecule has 2 aromatic rings. The van der Waals surface area contributed by atoms with E-state index in [9.17, 15) is 4.79 Å². The molecule has 1 N–H and O–H groups in total. The van der Waals surface area contributed by atoms with Gasteiger partial charge in [-0.3, -0.25) is 0 Å². The van der Waals surface area contributed by atoms with Crippen molar-refractivity contribution >= 4 is 39.8 Å². The number of piperidine rings is 1. The molecule has 0 bridgehead atoms. The van der Waals surface area contributed by atoms with Crippen LogP contribution in [0.4, 0.5) is 15.6 Å². The fourth-order valence-electron chi connectivity index (χ4n) is 3.96. The van der Waals surface area contributed by atoms with Crippen LogP contribution in [0.25, 0.3) is 10.6 Å². The summed E-state index contributed by atoms with van der Waals surface area (Å²) in [6, 6.07) is 1.79. The molecular weight excluding hydrogens is 424 g/mol. The summed E-state index contributed by atoms with van der Waals surface area (Å²) in [4.78, 5) is 20.6. The lowest BCUT2D eigenvalue weighted by Gasteiger charge is -2.53. The van der Waals surface area contributed by atoms with Crippen molar-refractivity contribution in [1.82, 2.24) is 20.1 Å². The zero-order valence-corrected chi connectivity index (χ0v) is 19.3. The number of likely N-dealkylation sites (tertiary alicyclic amines) is 1. The van der Waals surface area contributed by atoms with E-state index in [0.717, 1.165) is 60.4 Å². The first-order valence-electron chi connectivity index (χ1n) is 10.1. The van der Waals surface area contributed by atoms with Gasteiger partial charge in [0.1, 0.15) is 10.8 Å². The summed E-state index contributed by atoms with van der Waals surface area (Å²) in [6.07, 6.45) is 3.49. The lowest BCUT2D eigenvalue weighted by Crippen LogP contribution is -2.61. The Morgan fingerprint density at radius 3 is 2.60 bits per heavy atom. The lowest BCUT2D eigenvalue weighted by atomic mass is 9.72. The molecule has 1 spiro atoms. The van der Waals surface area contributed by atoms with Crippen LogP contribution in [0.1, 0.15) is 33.6 Å². The monoisotopic (exact) mass is 450 g/mol. The highest BCUT2D eigenvalue weighted by molar-refractivity contribution is 7.18. The van der Waals surface area contributed by atoms with Gasteiger partial charge in [0.15, 0.2) is 5.01 Å². The number of carbonyl (C=O) groups is 1. The third kappa shape index (κ3) is 4.32. The molecule has 162 valence electrons. The van der Waals surface area contributed by atoms with Gasteiger partial charge in [0.2, 0.25) is 5.13 Å². The third-order valence-corrected chi connectivity index (χ3v) is 6.81. The van der Waals surface area contributed by atoms with Gasteiger partial charge in [-0.1, -0.05) is 22.9 Å². The molecule has 0 radical (unpaired) electrons. The van der Waals surface area contributed by atoms with E-state index in [1.54, 1.807) is 23.6 Å². The van der Waals surface area contributed by atoms with E-state index in [2.05, 4.69) is 25.4 Å². The number of nitrogens with one attached hydrogen (secondary N) is 1. The zero-order chi connectivity index (χ0) is 21.5. The van der Waals surface area contributed by atoms with Crippen LogP contribution in [0.15, 0.2) is 12.3 Å². The molecule has 4 rings (SSSR count). The molecule has 0 aromatic carbocycles. The van der Waals surface area contributed by atoms with Gasteiger partial charge in [-0.2, -0.15) is 0 Å². The number of carbonyl (C=O) groups excluding carboxylic acids is 1. The summed E-state index contributed by atoms with van der Waals surface area (Å²) in [5, 5.41) is 14.1. The van der Waals surface area contributed by atoms with Gasteiger partial charge in [-0.05, 0) is 39.7 Å². The highest BCUT2D eigenvalue weighted by Crippen LogP contribution is 2.44. The molecule has 30 heavy (non-hydrogen) atoms. The van der Waals surface area contributed by atoms with Crippen molar-refractivity contribution in [2.24, 2.45) is 5.41 Å². The molecule has 2 aliphatic rings. The van der Waals surface area contributed by atoms with Gasteiger partial charge < -0.3 is 19.9 Å². The second-order valence-corrected chi connectivity index (χ2v) is 10.4. The van der Waals surface area contributed by atoms with Crippen LogP contribution >= 0.6 is 22.9 Å². The van der Waals surface area contributed by atoms with Crippen molar-refractivity contribution in [3.63, 3.8) is 0 Å². The summed E-state index contributed by atoms with van der Waals surface area (Å²) in [5.41, 5.74) is 1.57. The number of ether oxygens (including phenoxy) is 1. The normalized spacial score (nSPS) is 18.3. The Morgan fingerprint density at radius 2 is 1.97 bits per heavy atom. The highest BCUT2D eigenvalue weighted by atomic mass is 35.5. The van der Waals surface area contributed by atoms with Gasteiger partial charge in [0.25, 0.3) is 0 Å². The number of amides is 1. The van der Waals surface area contributed by atoms with E-state index in [1.807, 2.05) is 32.7 Å². The van der Waals surface area contributed by atoms with Gasteiger partial charge in [-0.15, -0.1) is 10.2 Å². The number of hydrogen-bond donors (Lipinski definition) is 1. The standard InChI is InChI=1S/C20H27ClN6O2S/c1-19(2,3)29-18(28)26-7-5-20(6-8-26)11-27(12-20)17-25-24-16(30-17)13-10-23-15(21)9-14(13)22-4/h9-10H,5-8,11-12H2,1-4H3,(H,22,23). The van der Waals surface area contributed by atoms with E-state index >= 15 is 0 Å². The Kier molecular flexibility index (Phi) is 5.52. The van der Waals surface area contributed by atoms with Crippen molar-refractivity contribution in [3.05, 3.63) is 17.4 Å². The predicted molar refractivity (Wildman–Crippen MR) is 119 cm³/mol. The third-order valence-electron chi connectivity index (χ3n) is 5.58. The Labute approximate surface area is 185 Å². The zero-order valence-electron chi connectivity index (χ0n) is 17.7. The largest absolute Gasteiger partial charge is 0.444 e. The fourth-order valence-corrected chi connectivity index (χ4v) is 4.99. The molecular formula is C20H27ClN6O2S. The van der Waals surface area contributed by atoms with E-state index in [1.165, 1.54) is 0 Å². The molecule has 4 heterocycles. The predicted octanol–water partition coefficient (Wildman–Crippen LogP) is 4.13. The Bertz CT molecular complexity index is 928. The van der Waals surface area contributed by atoms with Crippen LogP contribution in [0.3, 0.4) is 0 Å². The molecule has 0 atom stereocenters. The average molecular weight is 451 g/mol. The molecule has 2 aromatic heterocycles. The molecule has 8 nitrogen and oxygen atoms in total. The SMILES string of the molecule is CNc1cc(Cl)ncc1-c1nnc(N2CC3(CCN(C(=O)OC(C)(C)C)CC3)C2)s1. The number of aromatic nitrogens is 3. The number of hydrogen-bond acceptors (Lipinski definition) is 8.